The number of hydrogen-bond acceptors (Lipinski definition) is 4. The van der Waals surface area contributed by atoms with Crippen molar-refractivity contribution in [1.29, 1.82) is 0 Å². The van der Waals surface area contributed by atoms with Crippen molar-refractivity contribution < 1.29 is 4.79 Å². The second-order valence-corrected chi connectivity index (χ2v) is 7.29. The van der Waals surface area contributed by atoms with E-state index in [9.17, 15) is 4.79 Å². The number of carbonyl (C=O) groups is 1. The molecule has 0 saturated carbocycles. The first-order chi connectivity index (χ1) is 12.1. The highest BCUT2D eigenvalue weighted by Gasteiger charge is 2.29. The number of carbonyl (C=O) groups excluding carboxylic acids is 1. The molecule has 1 fully saturated rings. The summed E-state index contributed by atoms with van der Waals surface area (Å²) < 4.78 is 0. The molecule has 1 saturated heterocycles. The van der Waals surface area contributed by atoms with Crippen LogP contribution < -0.4 is 4.90 Å². The van der Waals surface area contributed by atoms with Crippen LogP contribution in [-0.4, -0.2) is 39.9 Å². The van der Waals surface area contributed by atoms with Crippen LogP contribution in [0.2, 0.25) is 0 Å². The molecule has 130 valence electrons. The number of hydrogen-bond donors (Lipinski definition) is 0. The van der Waals surface area contributed by atoms with Gasteiger partial charge in [0.25, 0.3) is 5.91 Å². The molecule has 0 N–H and O–H groups in total. The molecule has 1 aromatic heterocycles. The van der Waals surface area contributed by atoms with Gasteiger partial charge in [0.05, 0.1) is 0 Å². The SMILES string of the molecule is CC1CCN(C(=O)c2cc(N3c4ccccc4CC3C)ncn2)CC1. The first kappa shape index (κ1) is 16.1. The van der Waals surface area contributed by atoms with E-state index in [4.69, 9.17) is 0 Å². The van der Waals surface area contributed by atoms with Crippen LogP contribution in [0.3, 0.4) is 0 Å². The third-order valence-corrected chi connectivity index (χ3v) is 5.40. The van der Waals surface area contributed by atoms with Gasteiger partial charge in [-0.25, -0.2) is 9.97 Å². The Labute approximate surface area is 148 Å². The summed E-state index contributed by atoms with van der Waals surface area (Å²) in [7, 11) is 0. The summed E-state index contributed by atoms with van der Waals surface area (Å²) >= 11 is 0. The standard InChI is InChI=1S/C20H24N4O/c1-14-7-9-23(10-8-14)20(25)17-12-19(22-13-21-17)24-15(2)11-16-5-3-4-6-18(16)24/h3-6,12-15H,7-11H2,1-2H3. The van der Waals surface area contributed by atoms with E-state index in [-0.39, 0.29) is 5.91 Å². The van der Waals surface area contributed by atoms with Gasteiger partial charge in [0.15, 0.2) is 0 Å². The van der Waals surface area contributed by atoms with E-state index in [2.05, 4.69) is 46.9 Å². The first-order valence-corrected chi connectivity index (χ1v) is 9.12. The summed E-state index contributed by atoms with van der Waals surface area (Å²) in [6.45, 7) is 6.08. The second-order valence-electron chi connectivity index (χ2n) is 7.29. The number of fused-ring (bicyclic) bond motifs is 1. The number of rotatable bonds is 2. The summed E-state index contributed by atoms with van der Waals surface area (Å²) in [5.41, 5.74) is 3.00. The largest absolute Gasteiger partial charge is 0.337 e. The fourth-order valence-electron chi connectivity index (χ4n) is 3.88. The zero-order chi connectivity index (χ0) is 17.4. The molecule has 1 aromatic carbocycles. The van der Waals surface area contributed by atoms with E-state index in [1.807, 2.05) is 17.0 Å². The van der Waals surface area contributed by atoms with E-state index in [0.717, 1.165) is 38.2 Å². The zero-order valence-corrected chi connectivity index (χ0v) is 14.9. The Morgan fingerprint density at radius 2 is 1.88 bits per heavy atom. The monoisotopic (exact) mass is 336 g/mol. The van der Waals surface area contributed by atoms with Gasteiger partial charge in [-0.1, -0.05) is 25.1 Å². The highest BCUT2D eigenvalue weighted by molar-refractivity contribution is 5.93. The van der Waals surface area contributed by atoms with E-state index in [0.29, 0.717) is 17.7 Å². The van der Waals surface area contributed by atoms with E-state index in [1.54, 1.807) is 0 Å². The lowest BCUT2D eigenvalue weighted by Crippen LogP contribution is -2.38. The maximum atomic E-state index is 12.8. The maximum absolute atomic E-state index is 12.8. The molecule has 0 radical (unpaired) electrons. The molecular weight excluding hydrogens is 312 g/mol. The van der Waals surface area contributed by atoms with Gasteiger partial charge in [0, 0.05) is 30.9 Å². The third kappa shape index (κ3) is 2.99. The van der Waals surface area contributed by atoms with Gasteiger partial charge in [-0.3, -0.25) is 4.79 Å². The van der Waals surface area contributed by atoms with Crippen LogP contribution in [-0.2, 0) is 6.42 Å². The van der Waals surface area contributed by atoms with Crippen molar-refractivity contribution in [2.75, 3.05) is 18.0 Å². The molecule has 0 bridgehead atoms. The molecule has 0 aliphatic carbocycles. The van der Waals surface area contributed by atoms with Gasteiger partial charge in [-0.15, -0.1) is 0 Å². The predicted molar refractivity (Wildman–Crippen MR) is 98.1 cm³/mol. The topological polar surface area (TPSA) is 49.3 Å². The molecule has 5 nitrogen and oxygen atoms in total. The lowest BCUT2D eigenvalue weighted by molar-refractivity contribution is 0.0691. The average Bonchev–Trinajstić information content (AvgIpc) is 2.97. The third-order valence-electron chi connectivity index (χ3n) is 5.40. The van der Waals surface area contributed by atoms with Gasteiger partial charge < -0.3 is 9.80 Å². The molecule has 1 amide bonds. The average molecular weight is 336 g/mol. The minimum Gasteiger partial charge on any atom is -0.337 e. The number of likely N-dealkylation sites (tertiary alicyclic amines) is 1. The maximum Gasteiger partial charge on any atom is 0.272 e. The van der Waals surface area contributed by atoms with Crippen LogP contribution >= 0.6 is 0 Å². The van der Waals surface area contributed by atoms with Crippen LogP contribution in [0.25, 0.3) is 0 Å². The zero-order valence-electron chi connectivity index (χ0n) is 14.9. The van der Waals surface area contributed by atoms with Crippen molar-refractivity contribution in [2.24, 2.45) is 5.92 Å². The van der Waals surface area contributed by atoms with Crippen molar-refractivity contribution >= 4 is 17.4 Å². The Kier molecular flexibility index (Phi) is 4.15. The number of amides is 1. The van der Waals surface area contributed by atoms with Crippen LogP contribution in [0.4, 0.5) is 11.5 Å². The molecule has 4 rings (SSSR count). The molecule has 1 unspecified atom stereocenters. The number of aromatic nitrogens is 2. The Hall–Kier alpha value is -2.43. The number of nitrogens with zero attached hydrogens (tertiary/aromatic N) is 4. The highest BCUT2D eigenvalue weighted by Crippen LogP contribution is 2.37. The van der Waals surface area contributed by atoms with E-state index < -0.39 is 0 Å². The van der Waals surface area contributed by atoms with E-state index in [1.165, 1.54) is 17.6 Å². The lowest BCUT2D eigenvalue weighted by atomic mass is 9.99. The summed E-state index contributed by atoms with van der Waals surface area (Å²) in [4.78, 5) is 25.7. The summed E-state index contributed by atoms with van der Waals surface area (Å²) in [6.07, 6.45) is 4.65. The summed E-state index contributed by atoms with van der Waals surface area (Å²) in [5, 5.41) is 0. The minimum atomic E-state index is 0.0238. The van der Waals surface area contributed by atoms with Gasteiger partial charge >= 0.3 is 0 Å². The molecule has 25 heavy (non-hydrogen) atoms. The number of para-hydroxylation sites is 1. The minimum absolute atomic E-state index is 0.0238. The van der Waals surface area contributed by atoms with Gasteiger partial charge in [0.1, 0.15) is 17.8 Å². The normalized spacial score (nSPS) is 20.6. The van der Waals surface area contributed by atoms with Gasteiger partial charge in [0.2, 0.25) is 0 Å². The van der Waals surface area contributed by atoms with Crippen LogP contribution in [0.5, 0.6) is 0 Å². The molecule has 2 aliphatic heterocycles. The summed E-state index contributed by atoms with van der Waals surface area (Å²) in [6, 6.07) is 10.6. The predicted octanol–water partition coefficient (Wildman–Crippen LogP) is 3.43. The molecular formula is C20H24N4O. The number of anilines is 2. The van der Waals surface area contributed by atoms with Crippen LogP contribution in [0, 0.1) is 5.92 Å². The highest BCUT2D eigenvalue weighted by atomic mass is 16.2. The smallest absolute Gasteiger partial charge is 0.272 e. The molecule has 5 heteroatoms. The Morgan fingerprint density at radius 3 is 2.68 bits per heavy atom. The summed E-state index contributed by atoms with van der Waals surface area (Å²) in [5.74, 6) is 1.53. The first-order valence-electron chi connectivity index (χ1n) is 9.12. The van der Waals surface area contributed by atoms with Gasteiger partial charge in [-0.05, 0) is 43.7 Å². The lowest BCUT2D eigenvalue weighted by Gasteiger charge is -2.30. The number of benzene rings is 1. The molecule has 2 aromatic rings. The van der Waals surface area contributed by atoms with Crippen molar-refractivity contribution in [3.63, 3.8) is 0 Å². The number of piperidine rings is 1. The Morgan fingerprint density at radius 1 is 1.12 bits per heavy atom. The Bertz CT molecular complexity index is 783. The van der Waals surface area contributed by atoms with E-state index >= 15 is 0 Å². The molecule has 1 atom stereocenters. The van der Waals surface area contributed by atoms with Gasteiger partial charge in [-0.2, -0.15) is 0 Å². The Balaban J connectivity index is 1.61. The molecule has 3 heterocycles. The van der Waals surface area contributed by atoms with Crippen molar-refractivity contribution in [2.45, 2.75) is 39.2 Å². The fraction of sp³-hybridized carbons (Fsp3) is 0.450. The fourth-order valence-corrected chi connectivity index (χ4v) is 3.88. The quantitative estimate of drug-likeness (QED) is 0.843. The second kappa shape index (κ2) is 6.47. The van der Waals surface area contributed by atoms with Crippen molar-refractivity contribution in [3.8, 4) is 0 Å². The van der Waals surface area contributed by atoms with Crippen molar-refractivity contribution in [1.82, 2.24) is 14.9 Å². The molecule has 0 spiro atoms. The van der Waals surface area contributed by atoms with Crippen LogP contribution in [0.15, 0.2) is 36.7 Å². The van der Waals surface area contributed by atoms with Crippen LogP contribution in [0.1, 0.15) is 42.7 Å². The molecule has 2 aliphatic rings. The van der Waals surface area contributed by atoms with Crippen molar-refractivity contribution in [3.05, 3.63) is 47.9 Å².